The Morgan fingerprint density at radius 1 is 1.10 bits per heavy atom. The molecule has 2 N–H and O–H groups in total. The fourth-order valence-corrected chi connectivity index (χ4v) is 3.36. The van der Waals surface area contributed by atoms with Crippen molar-refractivity contribution in [2.75, 3.05) is 20.2 Å². The number of methoxy groups -OCH3 is 1. The molecule has 0 aliphatic carbocycles. The number of nitrogens with zero attached hydrogens (tertiary/aromatic N) is 1. The van der Waals surface area contributed by atoms with Crippen LogP contribution in [0.25, 0.3) is 0 Å². The summed E-state index contributed by atoms with van der Waals surface area (Å²) in [4.78, 5) is 39.0. The summed E-state index contributed by atoms with van der Waals surface area (Å²) in [6, 6.07) is 12.0. The van der Waals surface area contributed by atoms with E-state index in [1.54, 1.807) is 42.5 Å². The minimum atomic E-state index is -0.327. The summed E-state index contributed by atoms with van der Waals surface area (Å²) < 4.78 is 5.31. The van der Waals surface area contributed by atoms with Gasteiger partial charge in [-0.2, -0.15) is 0 Å². The smallest absolute Gasteiger partial charge is 0.261 e. The number of halogens is 1. The highest BCUT2D eigenvalue weighted by Gasteiger charge is 2.35. The van der Waals surface area contributed by atoms with Crippen LogP contribution >= 0.6 is 12.4 Å². The average molecular weight is 432 g/mol. The number of rotatable bonds is 8. The summed E-state index contributed by atoms with van der Waals surface area (Å²) in [6.45, 7) is 5.36. The van der Waals surface area contributed by atoms with Gasteiger partial charge in [0.2, 0.25) is 0 Å². The minimum absolute atomic E-state index is 0. The number of hydrogen-bond acceptors (Lipinski definition) is 5. The first-order valence-electron chi connectivity index (χ1n) is 9.60. The van der Waals surface area contributed by atoms with Crippen LogP contribution in [0, 0.1) is 0 Å². The summed E-state index contributed by atoms with van der Waals surface area (Å²) >= 11 is 0. The average Bonchev–Trinajstić information content (AvgIpc) is 2.97. The van der Waals surface area contributed by atoms with Gasteiger partial charge < -0.3 is 15.4 Å². The predicted octanol–water partition coefficient (Wildman–Crippen LogP) is 2.64. The lowest BCUT2D eigenvalue weighted by Gasteiger charge is -2.17. The van der Waals surface area contributed by atoms with Crippen LogP contribution in [-0.4, -0.2) is 48.9 Å². The second kappa shape index (κ2) is 10.2. The van der Waals surface area contributed by atoms with Crippen molar-refractivity contribution in [3.05, 3.63) is 64.7 Å². The van der Waals surface area contributed by atoms with Crippen LogP contribution in [0.5, 0.6) is 5.75 Å². The topological polar surface area (TPSA) is 87.7 Å². The Kier molecular flexibility index (Phi) is 7.97. The minimum Gasteiger partial charge on any atom is -0.496 e. The lowest BCUT2D eigenvalue weighted by atomic mass is 10.1. The van der Waals surface area contributed by atoms with Crippen molar-refractivity contribution in [3.63, 3.8) is 0 Å². The highest BCUT2D eigenvalue weighted by molar-refractivity contribution is 6.21. The predicted molar refractivity (Wildman–Crippen MR) is 116 cm³/mol. The van der Waals surface area contributed by atoms with Gasteiger partial charge in [-0.15, -0.1) is 12.4 Å². The molecule has 0 radical (unpaired) electrons. The van der Waals surface area contributed by atoms with E-state index in [1.165, 1.54) is 12.0 Å². The number of carbonyl (C=O) groups excluding carboxylic acids is 3. The lowest BCUT2D eigenvalue weighted by Crippen LogP contribution is -2.39. The van der Waals surface area contributed by atoms with Crippen molar-refractivity contribution in [1.29, 1.82) is 0 Å². The van der Waals surface area contributed by atoms with Gasteiger partial charge in [0.1, 0.15) is 5.75 Å². The SMILES string of the molecule is CCN[C@H](C)CNC(=O)c1cc(CN2C(=O)c3ccccc3C2=O)ccc1OC.Cl. The molecule has 0 unspecified atom stereocenters. The molecule has 0 spiro atoms. The van der Waals surface area contributed by atoms with E-state index in [2.05, 4.69) is 10.6 Å². The molecule has 0 bridgehead atoms. The Labute approximate surface area is 182 Å². The molecule has 2 aromatic carbocycles. The summed E-state index contributed by atoms with van der Waals surface area (Å²) in [5, 5.41) is 6.11. The van der Waals surface area contributed by atoms with Gasteiger partial charge in [0.05, 0.1) is 30.3 Å². The molecular weight excluding hydrogens is 406 g/mol. The van der Waals surface area contributed by atoms with Gasteiger partial charge in [0.15, 0.2) is 0 Å². The molecule has 0 saturated carbocycles. The number of ether oxygens (including phenoxy) is 1. The first kappa shape index (κ1) is 23.4. The highest BCUT2D eigenvalue weighted by atomic mass is 35.5. The Morgan fingerprint density at radius 3 is 2.30 bits per heavy atom. The van der Waals surface area contributed by atoms with Crippen LogP contribution in [0.1, 0.15) is 50.5 Å². The second-order valence-corrected chi connectivity index (χ2v) is 6.95. The van der Waals surface area contributed by atoms with Crippen molar-refractivity contribution < 1.29 is 19.1 Å². The van der Waals surface area contributed by atoms with Crippen molar-refractivity contribution >= 4 is 30.1 Å². The molecule has 1 aliphatic rings. The zero-order chi connectivity index (χ0) is 21.0. The zero-order valence-corrected chi connectivity index (χ0v) is 18.0. The van der Waals surface area contributed by atoms with Gasteiger partial charge in [0.25, 0.3) is 17.7 Å². The molecule has 30 heavy (non-hydrogen) atoms. The molecule has 8 heteroatoms. The Bertz CT molecular complexity index is 913. The molecule has 0 fully saturated rings. The van der Waals surface area contributed by atoms with Crippen LogP contribution in [0.15, 0.2) is 42.5 Å². The number of imide groups is 1. The number of fused-ring (bicyclic) bond motifs is 1. The molecular formula is C22H26ClN3O4. The molecule has 1 aliphatic heterocycles. The Balaban J connectivity index is 0.00000320. The van der Waals surface area contributed by atoms with Crippen molar-refractivity contribution in [2.45, 2.75) is 26.4 Å². The van der Waals surface area contributed by atoms with Crippen molar-refractivity contribution in [3.8, 4) is 5.75 Å². The molecule has 3 amide bonds. The van der Waals surface area contributed by atoms with Gasteiger partial charge in [-0.3, -0.25) is 19.3 Å². The van der Waals surface area contributed by atoms with Crippen LogP contribution in [0.4, 0.5) is 0 Å². The molecule has 2 aromatic rings. The van der Waals surface area contributed by atoms with E-state index < -0.39 is 0 Å². The van der Waals surface area contributed by atoms with E-state index in [-0.39, 0.29) is 42.7 Å². The third-order valence-corrected chi connectivity index (χ3v) is 4.85. The molecule has 0 aromatic heterocycles. The fraction of sp³-hybridized carbons (Fsp3) is 0.318. The van der Waals surface area contributed by atoms with Crippen LogP contribution in [-0.2, 0) is 6.54 Å². The number of likely N-dealkylation sites (N-methyl/N-ethyl adjacent to an activating group) is 1. The number of hydrogen-bond donors (Lipinski definition) is 2. The third kappa shape index (κ3) is 4.80. The van der Waals surface area contributed by atoms with Crippen LogP contribution < -0.4 is 15.4 Å². The van der Waals surface area contributed by atoms with Crippen LogP contribution in [0.3, 0.4) is 0 Å². The molecule has 3 rings (SSSR count). The number of carbonyl (C=O) groups is 3. The summed E-state index contributed by atoms with van der Waals surface area (Å²) in [7, 11) is 1.50. The Morgan fingerprint density at radius 2 is 1.73 bits per heavy atom. The standard InChI is InChI=1S/C22H25N3O4.ClH/c1-4-23-14(2)12-24-20(26)18-11-15(9-10-19(18)29-3)13-25-21(27)16-7-5-6-8-17(16)22(25)28;/h5-11,14,23H,4,12-13H2,1-3H3,(H,24,26);1H/t14-;/m1./s1. The molecule has 0 saturated heterocycles. The lowest BCUT2D eigenvalue weighted by molar-refractivity contribution is 0.0642. The molecule has 1 heterocycles. The van der Waals surface area contributed by atoms with Gasteiger partial charge in [-0.05, 0) is 43.3 Å². The first-order valence-corrected chi connectivity index (χ1v) is 9.60. The Hall–Kier alpha value is -2.90. The van der Waals surface area contributed by atoms with Gasteiger partial charge in [0, 0.05) is 12.6 Å². The van der Waals surface area contributed by atoms with Crippen LogP contribution in [0.2, 0.25) is 0 Å². The summed E-state index contributed by atoms with van der Waals surface area (Å²) in [5.74, 6) is -0.487. The zero-order valence-electron chi connectivity index (χ0n) is 17.2. The molecule has 160 valence electrons. The number of nitrogens with one attached hydrogen (secondary N) is 2. The molecule has 1 atom stereocenters. The number of benzene rings is 2. The normalized spacial score (nSPS) is 13.5. The fourth-order valence-electron chi connectivity index (χ4n) is 3.36. The van der Waals surface area contributed by atoms with E-state index in [0.29, 0.717) is 34.5 Å². The van der Waals surface area contributed by atoms with Crippen molar-refractivity contribution in [2.24, 2.45) is 0 Å². The monoisotopic (exact) mass is 431 g/mol. The molecule has 7 nitrogen and oxygen atoms in total. The highest BCUT2D eigenvalue weighted by Crippen LogP contribution is 2.26. The van der Waals surface area contributed by atoms with E-state index >= 15 is 0 Å². The van der Waals surface area contributed by atoms with E-state index in [9.17, 15) is 14.4 Å². The van der Waals surface area contributed by atoms with E-state index in [4.69, 9.17) is 4.74 Å². The third-order valence-electron chi connectivity index (χ3n) is 4.85. The maximum Gasteiger partial charge on any atom is 0.261 e. The van der Waals surface area contributed by atoms with E-state index in [0.717, 1.165) is 6.54 Å². The van der Waals surface area contributed by atoms with Gasteiger partial charge in [-0.1, -0.05) is 25.1 Å². The maximum absolute atomic E-state index is 12.7. The summed E-state index contributed by atoms with van der Waals surface area (Å²) in [5.41, 5.74) is 1.85. The van der Waals surface area contributed by atoms with Gasteiger partial charge in [-0.25, -0.2) is 0 Å². The largest absolute Gasteiger partial charge is 0.496 e. The van der Waals surface area contributed by atoms with E-state index in [1.807, 2.05) is 13.8 Å². The first-order chi connectivity index (χ1) is 14.0. The number of amides is 3. The van der Waals surface area contributed by atoms with Crippen molar-refractivity contribution in [1.82, 2.24) is 15.5 Å². The second-order valence-electron chi connectivity index (χ2n) is 6.95. The summed E-state index contributed by atoms with van der Waals surface area (Å²) in [6.07, 6.45) is 0. The quantitative estimate of drug-likeness (QED) is 0.627. The van der Waals surface area contributed by atoms with Gasteiger partial charge >= 0.3 is 0 Å². The maximum atomic E-state index is 12.7.